The third-order valence-electron chi connectivity index (χ3n) is 5.64. The van der Waals surface area contributed by atoms with Gasteiger partial charge in [-0.2, -0.15) is 0 Å². The van der Waals surface area contributed by atoms with Crippen LogP contribution in [-0.2, 0) is 18.8 Å². The number of aryl methyl sites for hydroxylation is 1. The number of aromatic nitrogens is 5. The number of hydrogen-bond donors (Lipinski definition) is 1. The Hall–Kier alpha value is -4.24. The normalized spacial score (nSPS) is 10.9. The largest absolute Gasteiger partial charge is 0.360 e. The quantitative estimate of drug-likeness (QED) is 0.290. The van der Waals surface area contributed by atoms with Gasteiger partial charge in [-0.1, -0.05) is 77.6 Å². The third kappa shape index (κ3) is 5.36. The highest BCUT2D eigenvalue weighted by Crippen LogP contribution is 2.26. The predicted octanol–water partition coefficient (Wildman–Crippen LogP) is 4.91. The summed E-state index contributed by atoms with van der Waals surface area (Å²) in [6.07, 6.45) is 3.56. The molecule has 3 aromatic heterocycles. The Morgan fingerprint density at radius 2 is 1.67 bits per heavy atom. The Morgan fingerprint density at radius 1 is 0.944 bits per heavy atom. The van der Waals surface area contributed by atoms with Crippen molar-refractivity contribution >= 4 is 17.7 Å². The zero-order valence-corrected chi connectivity index (χ0v) is 20.5. The Kier molecular flexibility index (Phi) is 7.18. The smallest absolute Gasteiger partial charge is 0.257 e. The first-order valence-corrected chi connectivity index (χ1v) is 12.4. The van der Waals surface area contributed by atoms with Crippen LogP contribution in [-0.4, -0.2) is 30.8 Å². The van der Waals surface area contributed by atoms with Crippen molar-refractivity contribution in [3.63, 3.8) is 0 Å². The summed E-state index contributed by atoms with van der Waals surface area (Å²) in [4.78, 5) is 17.3. The molecule has 0 aliphatic heterocycles. The summed E-state index contributed by atoms with van der Waals surface area (Å²) < 4.78 is 7.39. The van der Waals surface area contributed by atoms with Crippen LogP contribution in [0.4, 0.5) is 0 Å². The minimum Gasteiger partial charge on any atom is -0.360 e. The maximum Gasteiger partial charge on any atom is 0.257 e. The summed E-state index contributed by atoms with van der Waals surface area (Å²) in [7, 11) is 0. The van der Waals surface area contributed by atoms with Crippen LogP contribution in [0.2, 0.25) is 0 Å². The number of carbonyl (C=O) groups excluding carboxylic acids is 1. The van der Waals surface area contributed by atoms with Crippen LogP contribution in [0.15, 0.2) is 94.9 Å². The lowest BCUT2D eigenvalue weighted by Crippen LogP contribution is -2.25. The molecule has 8 nitrogen and oxygen atoms in total. The Bertz CT molecular complexity index is 1440. The van der Waals surface area contributed by atoms with E-state index in [1.807, 2.05) is 65.2 Å². The molecule has 0 radical (unpaired) electrons. The molecule has 5 rings (SSSR count). The molecule has 0 bridgehead atoms. The first-order valence-electron chi connectivity index (χ1n) is 11.5. The van der Waals surface area contributed by atoms with Gasteiger partial charge in [-0.3, -0.25) is 9.78 Å². The highest BCUT2D eigenvalue weighted by molar-refractivity contribution is 7.98. The summed E-state index contributed by atoms with van der Waals surface area (Å²) in [5.41, 5.74) is 4.03. The number of benzene rings is 2. The highest BCUT2D eigenvalue weighted by Gasteiger charge is 2.22. The van der Waals surface area contributed by atoms with Gasteiger partial charge < -0.3 is 14.4 Å². The van der Waals surface area contributed by atoms with Gasteiger partial charge >= 0.3 is 0 Å². The summed E-state index contributed by atoms with van der Waals surface area (Å²) >= 11 is 1.60. The lowest BCUT2D eigenvalue weighted by atomic mass is 10.1. The monoisotopic (exact) mass is 496 g/mol. The molecule has 180 valence electrons. The zero-order valence-electron chi connectivity index (χ0n) is 19.7. The Balaban J connectivity index is 1.36. The molecule has 9 heteroatoms. The summed E-state index contributed by atoms with van der Waals surface area (Å²) in [5.74, 6) is 1.60. The second-order valence-corrected chi connectivity index (χ2v) is 9.07. The van der Waals surface area contributed by atoms with Crippen LogP contribution in [0.25, 0.3) is 11.3 Å². The number of pyridine rings is 1. The van der Waals surface area contributed by atoms with Gasteiger partial charge in [0.1, 0.15) is 17.0 Å². The fourth-order valence-electron chi connectivity index (χ4n) is 3.79. The topological polar surface area (TPSA) is 98.7 Å². The van der Waals surface area contributed by atoms with Gasteiger partial charge in [0, 0.05) is 23.7 Å². The summed E-state index contributed by atoms with van der Waals surface area (Å²) in [6, 6.07) is 23.6. The van der Waals surface area contributed by atoms with Crippen molar-refractivity contribution in [2.24, 2.45) is 0 Å². The minimum atomic E-state index is -0.271. The molecular weight excluding hydrogens is 472 g/mol. The van der Waals surface area contributed by atoms with E-state index >= 15 is 0 Å². The van der Waals surface area contributed by atoms with Gasteiger partial charge in [-0.25, -0.2) is 0 Å². The molecule has 0 saturated carbocycles. The first-order chi connectivity index (χ1) is 17.7. The molecule has 0 spiro atoms. The van der Waals surface area contributed by atoms with E-state index in [1.54, 1.807) is 31.1 Å². The average molecular weight is 497 g/mol. The van der Waals surface area contributed by atoms with Crippen molar-refractivity contribution in [2.45, 2.75) is 30.9 Å². The van der Waals surface area contributed by atoms with Crippen molar-refractivity contribution in [2.75, 3.05) is 0 Å². The highest BCUT2D eigenvalue weighted by atomic mass is 32.2. The summed E-state index contributed by atoms with van der Waals surface area (Å²) in [6.45, 7) is 2.55. The van der Waals surface area contributed by atoms with Crippen LogP contribution < -0.4 is 5.32 Å². The van der Waals surface area contributed by atoms with Crippen LogP contribution in [0.5, 0.6) is 0 Å². The lowest BCUT2D eigenvalue weighted by molar-refractivity contribution is 0.0948. The molecule has 0 fully saturated rings. The van der Waals surface area contributed by atoms with Crippen molar-refractivity contribution in [3.05, 3.63) is 113 Å². The number of rotatable bonds is 9. The van der Waals surface area contributed by atoms with Crippen molar-refractivity contribution in [3.8, 4) is 11.3 Å². The zero-order chi connectivity index (χ0) is 24.7. The number of hydrogen-bond acceptors (Lipinski definition) is 7. The van der Waals surface area contributed by atoms with E-state index in [0.29, 0.717) is 29.4 Å². The van der Waals surface area contributed by atoms with E-state index < -0.39 is 0 Å². The van der Waals surface area contributed by atoms with E-state index in [-0.39, 0.29) is 12.5 Å². The lowest BCUT2D eigenvalue weighted by Gasteiger charge is -2.11. The van der Waals surface area contributed by atoms with E-state index in [2.05, 4.69) is 37.8 Å². The standard InChI is InChI=1S/C27H24N6O2S/c1-19-24(25(32-35-19)22-10-6-3-7-11-22)26(34)29-16-23-30-31-27(36-18-21-12-14-28-15-13-21)33(23)17-20-8-4-2-5-9-20/h2-15H,16-18H2,1H3,(H,29,34). The second kappa shape index (κ2) is 11.0. The van der Waals surface area contributed by atoms with E-state index in [1.165, 1.54) is 0 Å². The predicted molar refractivity (Wildman–Crippen MR) is 137 cm³/mol. The Labute approximate surface area is 212 Å². The summed E-state index contributed by atoms with van der Waals surface area (Å²) in [5, 5.41) is 16.7. The Morgan fingerprint density at radius 3 is 2.42 bits per heavy atom. The van der Waals surface area contributed by atoms with Crippen molar-refractivity contribution < 1.29 is 9.32 Å². The van der Waals surface area contributed by atoms with Gasteiger partial charge in [-0.15, -0.1) is 10.2 Å². The molecule has 5 aromatic rings. The molecule has 0 aliphatic rings. The SMILES string of the molecule is Cc1onc(-c2ccccc2)c1C(=O)NCc1nnc(SCc2ccncc2)n1Cc1ccccc1. The van der Waals surface area contributed by atoms with Crippen LogP contribution >= 0.6 is 11.8 Å². The molecule has 1 N–H and O–H groups in total. The van der Waals surface area contributed by atoms with Gasteiger partial charge in [0.05, 0.1) is 13.1 Å². The first kappa shape index (κ1) is 23.5. The van der Waals surface area contributed by atoms with E-state index in [0.717, 1.165) is 27.6 Å². The average Bonchev–Trinajstić information content (AvgIpc) is 3.50. The maximum atomic E-state index is 13.2. The molecule has 0 saturated heterocycles. The molecule has 3 heterocycles. The van der Waals surface area contributed by atoms with Crippen molar-refractivity contribution in [1.29, 1.82) is 0 Å². The second-order valence-electron chi connectivity index (χ2n) is 8.13. The van der Waals surface area contributed by atoms with Gasteiger partial charge in [0.15, 0.2) is 11.0 Å². The molecular formula is C27H24N6O2S. The van der Waals surface area contributed by atoms with E-state index in [9.17, 15) is 4.79 Å². The van der Waals surface area contributed by atoms with Gasteiger partial charge in [0.2, 0.25) is 0 Å². The third-order valence-corrected chi connectivity index (χ3v) is 6.68. The molecule has 0 aliphatic carbocycles. The molecule has 2 aromatic carbocycles. The maximum absolute atomic E-state index is 13.2. The van der Waals surface area contributed by atoms with Gasteiger partial charge in [-0.05, 0) is 30.2 Å². The fourth-order valence-corrected chi connectivity index (χ4v) is 4.70. The molecule has 1 amide bonds. The molecule has 0 atom stereocenters. The van der Waals surface area contributed by atoms with E-state index in [4.69, 9.17) is 4.52 Å². The number of nitrogens with zero attached hydrogens (tertiary/aromatic N) is 5. The van der Waals surface area contributed by atoms with Crippen LogP contribution in [0.1, 0.15) is 33.1 Å². The van der Waals surface area contributed by atoms with Gasteiger partial charge in [0.25, 0.3) is 5.91 Å². The van der Waals surface area contributed by atoms with Crippen LogP contribution in [0, 0.1) is 6.92 Å². The molecule has 0 unspecified atom stereocenters. The number of nitrogens with one attached hydrogen (secondary N) is 1. The van der Waals surface area contributed by atoms with Crippen LogP contribution in [0.3, 0.4) is 0 Å². The molecule has 36 heavy (non-hydrogen) atoms. The fraction of sp³-hybridized carbons (Fsp3) is 0.148. The number of carbonyl (C=O) groups is 1. The van der Waals surface area contributed by atoms with Crippen molar-refractivity contribution in [1.82, 2.24) is 30.2 Å². The number of thioether (sulfide) groups is 1. The minimum absolute atomic E-state index is 0.216. The number of amides is 1.